The number of carbonyl (C=O) groups is 2. The molecule has 0 bridgehead atoms. The summed E-state index contributed by atoms with van der Waals surface area (Å²) in [5.74, 6) is -0.851. The van der Waals surface area contributed by atoms with Gasteiger partial charge >= 0.3 is 11.8 Å². The Kier molecular flexibility index (Phi) is 5.18. The van der Waals surface area contributed by atoms with Crippen LogP contribution in [0.25, 0.3) is 10.9 Å². The number of hydrogen-bond donors (Lipinski definition) is 2. The van der Waals surface area contributed by atoms with E-state index in [1.165, 1.54) is 5.39 Å². The van der Waals surface area contributed by atoms with Gasteiger partial charge in [0.15, 0.2) is 0 Å². The smallest absolute Gasteiger partial charge is 0.312 e. The van der Waals surface area contributed by atoms with E-state index in [1.54, 1.807) is 4.90 Å². The third-order valence-electron chi connectivity index (χ3n) is 4.91. The first-order valence-corrected chi connectivity index (χ1v) is 8.84. The van der Waals surface area contributed by atoms with Crippen molar-refractivity contribution in [3.8, 4) is 0 Å². The molecule has 2 heterocycles. The molecular weight excluding hydrogens is 302 g/mol. The van der Waals surface area contributed by atoms with Gasteiger partial charge in [-0.1, -0.05) is 25.1 Å². The molecular formula is C19H25N3O2. The minimum absolute atomic E-state index is 0.214. The van der Waals surface area contributed by atoms with E-state index in [2.05, 4.69) is 23.3 Å². The number of piperidine rings is 1. The van der Waals surface area contributed by atoms with Gasteiger partial charge < -0.3 is 15.2 Å². The molecule has 128 valence electrons. The lowest BCUT2D eigenvalue weighted by Gasteiger charge is -2.34. The molecule has 3 rings (SSSR count). The molecule has 2 aromatic rings. The molecule has 5 heteroatoms. The Bertz CT molecular complexity index is 722. The molecule has 0 aliphatic carbocycles. The van der Waals surface area contributed by atoms with Crippen molar-refractivity contribution in [3.63, 3.8) is 0 Å². The Morgan fingerprint density at radius 2 is 2.12 bits per heavy atom. The zero-order valence-electron chi connectivity index (χ0n) is 14.2. The maximum atomic E-state index is 12.4. The van der Waals surface area contributed by atoms with Gasteiger partial charge in [0.05, 0.1) is 0 Å². The summed E-state index contributed by atoms with van der Waals surface area (Å²) in [5.41, 5.74) is 2.25. The van der Waals surface area contributed by atoms with Gasteiger partial charge in [0.2, 0.25) is 0 Å². The van der Waals surface area contributed by atoms with Crippen LogP contribution in [0.1, 0.15) is 38.2 Å². The highest BCUT2D eigenvalue weighted by Crippen LogP contribution is 2.20. The van der Waals surface area contributed by atoms with Crippen molar-refractivity contribution in [1.29, 1.82) is 0 Å². The van der Waals surface area contributed by atoms with Gasteiger partial charge in [-0.2, -0.15) is 0 Å². The van der Waals surface area contributed by atoms with Crippen LogP contribution in [0.5, 0.6) is 0 Å². The normalized spacial score (nSPS) is 17.9. The average molecular weight is 327 g/mol. The fraction of sp³-hybridized carbons (Fsp3) is 0.474. The zero-order valence-corrected chi connectivity index (χ0v) is 14.2. The predicted octanol–water partition coefficient (Wildman–Crippen LogP) is 2.62. The highest BCUT2D eigenvalue weighted by molar-refractivity contribution is 6.35. The van der Waals surface area contributed by atoms with Crippen molar-refractivity contribution in [2.45, 2.75) is 45.1 Å². The molecule has 2 N–H and O–H groups in total. The summed E-state index contributed by atoms with van der Waals surface area (Å²) >= 11 is 0. The van der Waals surface area contributed by atoms with Crippen molar-refractivity contribution >= 4 is 22.7 Å². The minimum atomic E-state index is -0.477. The molecule has 1 aliphatic rings. The van der Waals surface area contributed by atoms with E-state index in [-0.39, 0.29) is 11.9 Å². The summed E-state index contributed by atoms with van der Waals surface area (Å²) in [6.07, 6.45) is 6.73. The van der Waals surface area contributed by atoms with Crippen LogP contribution >= 0.6 is 0 Å². The molecule has 1 aliphatic heterocycles. The molecule has 1 unspecified atom stereocenters. The van der Waals surface area contributed by atoms with Gasteiger partial charge in [0.25, 0.3) is 0 Å². The number of benzene rings is 1. The molecule has 1 fully saturated rings. The number of para-hydroxylation sites is 1. The van der Waals surface area contributed by atoms with Crippen molar-refractivity contribution in [2.24, 2.45) is 0 Å². The quantitative estimate of drug-likeness (QED) is 0.848. The van der Waals surface area contributed by atoms with Gasteiger partial charge in [-0.25, -0.2) is 0 Å². The van der Waals surface area contributed by atoms with Gasteiger partial charge in [-0.3, -0.25) is 9.59 Å². The largest absolute Gasteiger partial charge is 0.361 e. The highest BCUT2D eigenvalue weighted by Gasteiger charge is 2.29. The maximum Gasteiger partial charge on any atom is 0.312 e. The second-order valence-corrected chi connectivity index (χ2v) is 6.42. The van der Waals surface area contributed by atoms with Crippen molar-refractivity contribution in [3.05, 3.63) is 36.0 Å². The molecule has 1 saturated heterocycles. The van der Waals surface area contributed by atoms with E-state index < -0.39 is 5.91 Å². The number of nitrogens with one attached hydrogen (secondary N) is 2. The lowest BCUT2D eigenvalue weighted by atomic mass is 10.00. The van der Waals surface area contributed by atoms with E-state index in [4.69, 9.17) is 0 Å². The minimum Gasteiger partial charge on any atom is -0.361 e. The van der Waals surface area contributed by atoms with Crippen LogP contribution < -0.4 is 5.32 Å². The topological polar surface area (TPSA) is 65.2 Å². The van der Waals surface area contributed by atoms with Crippen LogP contribution in [0.15, 0.2) is 30.5 Å². The van der Waals surface area contributed by atoms with Gasteiger partial charge in [-0.05, 0) is 43.7 Å². The van der Waals surface area contributed by atoms with Crippen LogP contribution in [0, 0.1) is 0 Å². The van der Waals surface area contributed by atoms with E-state index in [9.17, 15) is 9.59 Å². The molecule has 1 aromatic heterocycles. The number of aromatic amines is 1. The first-order valence-electron chi connectivity index (χ1n) is 8.84. The molecule has 0 spiro atoms. The lowest BCUT2D eigenvalue weighted by molar-refractivity contribution is -0.148. The summed E-state index contributed by atoms with van der Waals surface area (Å²) in [7, 11) is 0. The zero-order chi connectivity index (χ0) is 16.9. The lowest BCUT2D eigenvalue weighted by Crippen LogP contribution is -2.50. The summed E-state index contributed by atoms with van der Waals surface area (Å²) < 4.78 is 0. The highest BCUT2D eigenvalue weighted by atomic mass is 16.2. The van der Waals surface area contributed by atoms with Crippen molar-refractivity contribution in [2.75, 3.05) is 13.1 Å². The number of likely N-dealkylation sites (tertiary alicyclic amines) is 1. The van der Waals surface area contributed by atoms with Crippen LogP contribution in [0.3, 0.4) is 0 Å². The summed E-state index contributed by atoms with van der Waals surface area (Å²) in [5, 5.41) is 3.95. The number of aromatic nitrogens is 1. The molecule has 0 radical (unpaired) electrons. The average Bonchev–Trinajstić information content (AvgIpc) is 3.04. The second kappa shape index (κ2) is 7.51. The fourth-order valence-corrected chi connectivity index (χ4v) is 3.55. The first kappa shape index (κ1) is 16.6. The molecule has 1 atom stereocenters. The van der Waals surface area contributed by atoms with Gasteiger partial charge in [0, 0.05) is 36.2 Å². The molecule has 1 aromatic carbocycles. The van der Waals surface area contributed by atoms with Gasteiger partial charge in [0.1, 0.15) is 0 Å². The number of rotatable bonds is 4. The predicted molar refractivity (Wildman–Crippen MR) is 94.7 cm³/mol. The van der Waals surface area contributed by atoms with Crippen molar-refractivity contribution < 1.29 is 9.59 Å². The summed E-state index contributed by atoms with van der Waals surface area (Å²) in [6, 6.07) is 8.30. The van der Waals surface area contributed by atoms with Crippen LogP contribution in [0.2, 0.25) is 0 Å². The number of nitrogens with zero attached hydrogens (tertiary/aromatic N) is 1. The molecule has 5 nitrogen and oxygen atoms in total. The van der Waals surface area contributed by atoms with E-state index in [0.29, 0.717) is 19.5 Å². The number of carbonyl (C=O) groups excluding carboxylic acids is 2. The number of amides is 2. The van der Waals surface area contributed by atoms with E-state index in [1.807, 2.05) is 24.4 Å². The third kappa shape index (κ3) is 3.45. The molecule has 2 amide bonds. The SMILES string of the molecule is CCC1CCCCN1C(=O)C(=O)NCCc1c[nH]c2ccccc12. The Labute approximate surface area is 142 Å². The van der Waals surface area contributed by atoms with Crippen molar-refractivity contribution in [1.82, 2.24) is 15.2 Å². The third-order valence-corrected chi connectivity index (χ3v) is 4.91. The summed E-state index contributed by atoms with van der Waals surface area (Å²) in [6.45, 7) is 3.25. The molecule has 24 heavy (non-hydrogen) atoms. The second-order valence-electron chi connectivity index (χ2n) is 6.42. The Morgan fingerprint density at radius 1 is 1.29 bits per heavy atom. The number of H-pyrrole nitrogens is 1. The standard InChI is InChI=1S/C19H25N3O2/c1-2-15-7-5-6-12-22(15)19(24)18(23)20-11-10-14-13-21-17-9-4-3-8-16(14)17/h3-4,8-9,13,15,21H,2,5-7,10-12H2,1H3,(H,20,23). The Balaban J connectivity index is 1.54. The first-order chi connectivity index (χ1) is 11.7. The number of fused-ring (bicyclic) bond motifs is 1. The monoisotopic (exact) mass is 327 g/mol. The fourth-order valence-electron chi connectivity index (χ4n) is 3.55. The van der Waals surface area contributed by atoms with E-state index >= 15 is 0 Å². The maximum absolute atomic E-state index is 12.4. The van der Waals surface area contributed by atoms with Crippen LogP contribution in [-0.2, 0) is 16.0 Å². The Morgan fingerprint density at radius 3 is 2.96 bits per heavy atom. The Hall–Kier alpha value is -2.30. The molecule has 0 saturated carbocycles. The van der Waals surface area contributed by atoms with Crippen LogP contribution in [0.4, 0.5) is 0 Å². The van der Waals surface area contributed by atoms with Crippen LogP contribution in [-0.4, -0.2) is 40.8 Å². The summed E-state index contributed by atoms with van der Waals surface area (Å²) in [4.78, 5) is 29.5. The van der Waals surface area contributed by atoms with E-state index in [0.717, 1.165) is 36.8 Å². The van der Waals surface area contributed by atoms with Gasteiger partial charge in [-0.15, -0.1) is 0 Å². The number of hydrogen-bond acceptors (Lipinski definition) is 2.